The Morgan fingerprint density at radius 2 is 2.20 bits per heavy atom. The van der Waals surface area contributed by atoms with Crippen molar-refractivity contribution in [2.45, 2.75) is 25.8 Å². The Bertz CT molecular complexity index is 324. The van der Waals surface area contributed by atoms with Crippen LogP contribution in [0.3, 0.4) is 0 Å². The summed E-state index contributed by atoms with van der Waals surface area (Å²) in [4.78, 5) is 2.40. The van der Waals surface area contributed by atoms with E-state index < -0.39 is 0 Å². The van der Waals surface area contributed by atoms with Gasteiger partial charge in [0.2, 0.25) is 0 Å². The Kier molecular flexibility index (Phi) is 3.27. The van der Waals surface area contributed by atoms with Crippen LogP contribution >= 0.6 is 0 Å². The smallest absolute Gasteiger partial charge is 0.122 e. The number of hydrogen-bond acceptors (Lipinski definition) is 2. The highest BCUT2D eigenvalue weighted by atomic mass is 16.5. The molecular formula is C13H19NO. The van der Waals surface area contributed by atoms with Crippen molar-refractivity contribution >= 4 is 0 Å². The zero-order valence-electron chi connectivity index (χ0n) is 9.57. The highest BCUT2D eigenvalue weighted by Gasteiger charge is 2.22. The number of likely N-dealkylation sites (N-methyl/N-ethyl adjacent to an activating group) is 1. The van der Waals surface area contributed by atoms with E-state index >= 15 is 0 Å². The van der Waals surface area contributed by atoms with Crippen LogP contribution in [0.2, 0.25) is 0 Å². The molecule has 0 aromatic heterocycles. The van der Waals surface area contributed by atoms with Gasteiger partial charge in [-0.05, 0) is 38.1 Å². The average molecular weight is 205 g/mol. The highest BCUT2D eigenvalue weighted by molar-refractivity contribution is 5.35. The van der Waals surface area contributed by atoms with Crippen molar-refractivity contribution < 1.29 is 4.74 Å². The fourth-order valence-corrected chi connectivity index (χ4v) is 2.13. The molecule has 0 saturated heterocycles. The van der Waals surface area contributed by atoms with Crippen LogP contribution in [0.5, 0.6) is 5.75 Å². The fourth-order valence-electron chi connectivity index (χ4n) is 2.13. The molecule has 2 nitrogen and oxygen atoms in total. The van der Waals surface area contributed by atoms with E-state index in [9.17, 15) is 0 Å². The molecule has 1 aromatic carbocycles. The normalized spacial score (nSPS) is 19.8. The van der Waals surface area contributed by atoms with Gasteiger partial charge in [0.15, 0.2) is 0 Å². The van der Waals surface area contributed by atoms with Crippen molar-refractivity contribution in [3.8, 4) is 5.75 Å². The third-order valence-electron chi connectivity index (χ3n) is 3.06. The van der Waals surface area contributed by atoms with Gasteiger partial charge in [-0.15, -0.1) is 0 Å². The summed E-state index contributed by atoms with van der Waals surface area (Å²) in [6, 6.07) is 8.89. The van der Waals surface area contributed by atoms with Crippen molar-refractivity contribution in [3.05, 3.63) is 29.8 Å². The number of hydrogen-bond donors (Lipinski definition) is 0. The maximum absolute atomic E-state index is 5.76. The monoisotopic (exact) mass is 205 g/mol. The van der Waals surface area contributed by atoms with Gasteiger partial charge in [0.05, 0.1) is 0 Å². The summed E-state index contributed by atoms with van der Waals surface area (Å²) in [7, 11) is 2.19. The summed E-state index contributed by atoms with van der Waals surface area (Å²) < 4.78 is 5.76. The SMILES string of the molecule is CCCN(C)[C@@H]1COc2ccccc2C1. The van der Waals surface area contributed by atoms with Crippen LogP contribution in [0.4, 0.5) is 0 Å². The molecule has 0 bridgehead atoms. The highest BCUT2D eigenvalue weighted by Crippen LogP contribution is 2.25. The summed E-state index contributed by atoms with van der Waals surface area (Å²) >= 11 is 0. The molecular weight excluding hydrogens is 186 g/mol. The second-order valence-corrected chi connectivity index (χ2v) is 4.26. The van der Waals surface area contributed by atoms with Crippen molar-refractivity contribution in [1.29, 1.82) is 0 Å². The van der Waals surface area contributed by atoms with E-state index in [-0.39, 0.29) is 0 Å². The molecule has 0 N–H and O–H groups in total. The summed E-state index contributed by atoms with van der Waals surface area (Å²) in [6.07, 6.45) is 2.32. The van der Waals surface area contributed by atoms with Crippen molar-refractivity contribution in [2.24, 2.45) is 0 Å². The van der Waals surface area contributed by atoms with E-state index in [0.717, 1.165) is 25.3 Å². The number of ether oxygens (including phenoxy) is 1. The van der Waals surface area contributed by atoms with E-state index in [2.05, 4.69) is 37.1 Å². The van der Waals surface area contributed by atoms with Gasteiger partial charge in [0.25, 0.3) is 0 Å². The number of para-hydroxylation sites is 1. The first-order chi connectivity index (χ1) is 7.31. The number of nitrogens with zero attached hydrogens (tertiary/aromatic N) is 1. The predicted molar refractivity (Wildman–Crippen MR) is 62.4 cm³/mol. The minimum absolute atomic E-state index is 0.542. The lowest BCUT2D eigenvalue weighted by Crippen LogP contribution is -2.41. The third kappa shape index (κ3) is 2.32. The largest absolute Gasteiger partial charge is 0.492 e. The Morgan fingerprint density at radius 3 is 3.00 bits per heavy atom. The maximum Gasteiger partial charge on any atom is 0.122 e. The molecule has 0 radical (unpaired) electrons. The lowest BCUT2D eigenvalue weighted by atomic mass is 10.0. The van der Waals surface area contributed by atoms with Crippen LogP contribution < -0.4 is 4.74 Å². The molecule has 1 aromatic rings. The zero-order valence-corrected chi connectivity index (χ0v) is 9.57. The minimum atomic E-state index is 0.542. The van der Waals surface area contributed by atoms with Gasteiger partial charge < -0.3 is 4.74 Å². The molecule has 0 spiro atoms. The van der Waals surface area contributed by atoms with E-state index in [1.54, 1.807) is 0 Å². The van der Waals surface area contributed by atoms with Crippen molar-refractivity contribution in [2.75, 3.05) is 20.2 Å². The summed E-state index contributed by atoms with van der Waals surface area (Å²) in [6.45, 7) is 4.19. The van der Waals surface area contributed by atoms with Gasteiger partial charge in [-0.1, -0.05) is 25.1 Å². The molecule has 15 heavy (non-hydrogen) atoms. The molecule has 0 fully saturated rings. The van der Waals surface area contributed by atoms with E-state index in [1.807, 2.05) is 6.07 Å². The van der Waals surface area contributed by atoms with Gasteiger partial charge in [0.1, 0.15) is 12.4 Å². The second-order valence-electron chi connectivity index (χ2n) is 4.26. The molecule has 82 valence electrons. The van der Waals surface area contributed by atoms with E-state index in [0.29, 0.717) is 6.04 Å². The third-order valence-corrected chi connectivity index (χ3v) is 3.06. The van der Waals surface area contributed by atoms with E-state index in [1.165, 1.54) is 12.0 Å². The van der Waals surface area contributed by atoms with E-state index in [4.69, 9.17) is 4.74 Å². The summed E-state index contributed by atoms with van der Waals surface area (Å²) in [5.74, 6) is 1.07. The topological polar surface area (TPSA) is 12.5 Å². The molecule has 0 saturated carbocycles. The molecule has 0 amide bonds. The van der Waals surface area contributed by atoms with Crippen LogP contribution in [-0.2, 0) is 6.42 Å². The maximum atomic E-state index is 5.76. The molecule has 2 rings (SSSR count). The first-order valence-corrected chi connectivity index (χ1v) is 5.72. The summed E-state index contributed by atoms with van der Waals surface area (Å²) in [5, 5.41) is 0. The minimum Gasteiger partial charge on any atom is -0.492 e. The second kappa shape index (κ2) is 4.67. The van der Waals surface area contributed by atoms with Crippen LogP contribution in [0.1, 0.15) is 18.9 Å². The fraction of sp³-hybridized carbons (Fsp3) is 0.538. The average Bonchev–Trinajstić information content (AvgIpc) is 2.29. The standard InChI is InChI=1S/C13H19NO/c1-3-8-14(2)12-9-11-6-4-5-7-13(11)15-10-12/h4-7,12H,3,8-10H2,1-2H3/t12-/m0/s1. The van der Waals surface area contributed by atoms with Crippen molar-refractivity contribution in [3.63, 3.8) is 0 Å². The molecule has 2 heteroatoms. The molecule has 1 aliphatic rings. The van der Waals surface area contributed by atoms with Crippen molar-refractivity contribution in [1.82, 2.24) is 4.90 Å². The molecule has 1 aliphatic heterocycles. The van der Waals surface area contributed by atoms with Crippen LogP contribution in [0.25, 0.3) is 0 Å². The van der Waals surface area contributed by atoms with Gasteiger partial charge in [-0.25, -0.2) is 0 Å². The Hall–Kier alpha value is -1.02. The molecule has 1 atom stereocenters. The molecule has 1 heterocycles. The predicted octanol–water partition coefficient (Wildman–Crippen LogP) is 2.33. The lowest BCUT2D eigenvalue weighted by Gasteiger charge is -2.32. The van der Waals surface area contributed by atoms with Gasteiger partial charge in [-0.2, -0.15) is 0 Å². The zero-order chi connectivity index (χ0) is 10.7. The number of fused-ring (bicyclic) bond motifs is 1. The first kappa shape index (κ1) is 10.5. The van der Waals surface area contributed by atoms with Gasteiger partial charge in [-0.3, -0.25) is 4.90 Å². The van der Waals surface area contributed by atoms with Crippen LogP contribution in [-0.4, -0.2) is 31.1 Å². The van der Waals surface area contributed by atoms with Crippen LogP contribution in [0, 0.1) is 0 Å². The van der Waals surface area contributed by atoms with Gasteiger partial charge in [0, 0.05) is 6.04 Å². The summed E-state index contributed by atoms with van der Waals surface area (Å²) in [5.41, 5.74) is 1.34. The van der Waals surface area contributed by atoms with Crippen LogP contribution in [0.15, 0.2) is 24.3 Å². The molecule has 0 unspecified atom stereocenters. The Balaban J connectivity index is 2.05. The number of rotatable bonds is 3. The quantitative estimate of drug-likeness (QED) is 0.751. The Labute approximate surface area is 91.9 Å². The van der Waals surface area contributed by atoms with Gasteiger partial charge >= 0.3 is 0 Å². The first-order valence-electron chi connectivity index (χ1n) is 5.72. The number of benzene rings is 1. The Morgan fingerprint density at radius 1 is 1.40 bits per heavy atom. The lowest BCUT2D eigenvalue weighted by molar-refractivity contribution is 0.143. The molecule has 0 aliphatic carbocycles.